The molecule has 0 aromatic carbocycles. The van der Waals surface area contributed by atoms with Gasteiger partial charge in [-0.25, -0.2) is 9.78 Å². The van der Waals surface area contributed by atoms with Crippen molar-refractivity contribution in [3.63, 3.8) is 0 Å². The first kappa shape index (κ1) is 20.7. The molecule has 2 aromatic rings. The number of ether oxygens (including phenoxy) is 1. The Balaban J connectivity index is 1.72. The molecule has 3 heterocycles. The van der Waals surface area contributed by atoms with E-state index in [2.05, 4.69) is 15.0 Å². The number of alkyl halides is 3. The number of nitrogens with zero attached hydrogens (tertiary/aromatic N) is 6. The summed E-state index contributed by atoms with van der Waals surface area (Å²) < 4.78 is 49.8. The van der Waals surface area contributed by atoms with E-state index in [0.29, 0.717) is 26.2 Å². The van der Waals surface area contributed by atoms with Crippen LogP contribution in [0.15, 0.2) is 16.7 Å². The number of esters is 1. The summed E-state index contributed by atoms with van der Waals surface area (Å²) in [6.45, 7) is 3.48. The number of hydrogen-bond donors (Lipinski definition) is 0. The molecule has 0 spiro atoms. The van der Waals surface area contributed by atoms with Crippen molar-refractivity contribution in [3.8, 4) is 0 Å². The number of piperazine rings is 1. The van der Waals surface area contributed by atoms with Gasteiger partial charge in [0.25, 0.3) is 6.01 Å². The lowest BCUT2D eigenvalue weighted by Crippen LogP contribution is -2.47. The Kier molecular flexibility index (Phi) is 5.80. The molecule has 29 heavy (non-hydrogen) atoms. The molecule has 0 amide bonds. The van der Waals surface area contributed by atoms with Crippen molar-refractivity contribution in [2.75, 3.05) is 61.6 Å². The molecular weight excluding hydrogens is 393 g/mol. The average molecular weight is 414 g/mol. The zero-order valence-electron chi connectivity index (χ0n) is 16.2. The minimum absolute atomic E-state index is 0.0165. The Hall–Kier alpha value is -3.05. The molecule has 0 N–H and O–H groups in total. The van der Waals surface area contributed by atoms with E-state index >= 15 is 0 Å². The van der Waals surface area contributed by atoms with Gasteiger partial charge in [0.1, 0.15) is 12.1 Å². The number of anilines is 3. The lowest BCUT2D eigenvalue weighted by Gasteiger charge is -2.34. The van der Waals surface area contributed by atoms with Crippen LogP contribution in [0.4, 0.5) is 31.0 Å². The van der Waals surface area contributed by atoms with Crippen LogP contribution >= 0.6 is 0 Å². The lowest BCUT2D eigenvalue weighted by molar-refractivity contribution is -0.141. The van der Waals surface area contributed by atoms with E-state index in [-0.39, 0.29) is 30.1 Å². The van der Waals surface area contributed by atoms with Gasteiger partial charge in [-0.3, -0.25) is 0 Å². The third-order valence-corrected chi connectivity index (χ3v) is 4.26. The Bertz CT molecular complexity index is 862. The van der Waals surface area contributed by atoms with Crippen molar-refractivity contribution in [2.45, 2.75) is 13.1 Å². The Morgan fingerprint density at radius 3 is 2.41 bits per heavy atom. The van der Waals surface area contributed by atoms with Gasteiger partial charge in [-0.05, 0) is 6.92 Å². The van der Waals surface area contributed by atoms with Crippen LogP contribution in [-0.2, 0) is 10.9 Å². The van der Waals surface area contributed by atoms with Crippen molar-refractivity contribution in [1.29, 1.82) is 0 Å². The number of halogens is 3. The fourth-order valence-corrected chi connectivity index (χ4v) is 2.74. The molecule has 0 atom stereocenters. The van der Waals surface area contributed by atoms with Crippen LogP contribution in [0.3, 0.4) is 0 Å². The molecule has 0 radical (unpaired) electrons. The normalized spacial score (nSPS) is 14.8. The smallest absolute Gasteiger partial charge is 0.433 e. The minimum atomic E-state index is -4.56. The summed E-state index contributed by atoms with van der Waals surface area (Å²) in [6.07, 6.45) is -3.34. The van der Waals surface area contributed by atoms with E-state index in [4.69, 9.17) is 9.15 Å². The monoisotopic (exact) mass is 414 g/mol. The summed E-state index contributed by atoms with van der Waals surface area (Å²) in [4.78, 5) is 28.7. The fraction of sp³-hybridized carbons (Fsp3) is 0.529. The van der Waals surface area contributed by atoms with E-state index in [1.165, 1.54) is 11.2 Å². The minimum Gasteiger partial charge on any atom is -0.461 e. The van der Waals surface area contributed by atoms with Crippen molar-refractivity contribution in [3.05, 3.63) is 23.7 Å². The molecule has 1 fully saturated rings. The molecule has 1 saturated heterocycles. The maximum Gasteiger partial charge on any atom is 0.433 e. The maximum atomic E-state index is 13.2. The molecule has 1 aliphatic heterocycles. The van der Waals surface area contributed by atoms with Gasteiger partial charge in [0.15, 0.2) is 11.4 Å². The highest BCUT2D eigenvalue weighted by Crippen LogP contribution is 2.31. The second-order valence-corrected chi connectivity index (χ2v) is 6.51. The number of carbonyl (C=O) groups is 1. The van der Waals surface area contributed by atoms with E-state index in [1.807, 2.05) is 0 Å². The van der Waals surface area contributed by atoms with Gasteiger partial charge in [0.05, 0.1) is 6.61 Å². The first-order chi connectivity index (χ1) is 13.7. The topological polar surface area (TPSA) is 87.8 Å². The Morgan fingerprint density at radius 1 is 1.17 bits per heavy atom. The van der Waals surface area contributed by atoms with Gasteiger partial charge in [-0.1, -0.05) is 0 Å². The molecule has 1 aliphatic rings. The van der Waals surface area contributed by atoms with Crippen LogP contribution in [0.5, 0.6) is 0 Å². The van der Waals surface area contributed by atoms with Gasteiger partial charge < -0.3 is 23.9 Å². The van der Waals surface area contributed by atoms with E-state index in [0.717, 1.165) is 6.07 Å². The second-order valence-electron chi connectivity index (χ2n) is 6.51. The molecule has 9 nitrogen and oxygen atoms in total. The molecule has 0 bridgehead atoms. The van der Waals surface area contributed by atoms with Crippen LogP contribution in [-0.4, -0.2) is 67.8 Å². The summed E-state index contributed by atoms with van der Waals surface area (Å²) in [5, 5.41) is 0. The molecule has 158 valence electrons. The van der Waals surface area contributed by atoms with E-state index in [1.54, 1.807) is 30.8 Å². The summed E-state index contributed by atoms with van der Waals surface area (Å²) in [6, 6.07) is 1.18. The highest BCUT2D eigenvalue weighted by molar-refractivity contribution is 5.87. The van der Waals surface area contributed by atoms with Gasteiger partial charge in [0, 0.05) is 46.3 Å². The third kappa shape index (κ3) is 4.69. The molecule has 0 saturated carbocycles. The van der Waals surface area contributed by atoms with E-state index < -0.39 is 17.8 Å². The number of rotatable bonds is 5. The quantitative estimate of drug-likeness (QED) is 0.682. The van der Waals surface area contributed by atoms with E-state index in [9.17, 15) is 18.0 Å². The number of aromatic nitrogens is 3. The number of oxazole rings is 1. The lowest BCUT2D eigenvalue weighted by atomic mass is 10.3. The van der Waals surface area contributed by atoms with Crippen molar-refractivity contribution < 1.29 is 27.1 Å². The highest BCUT2D eigenvalue weighted by atomic mass is 19.4. The Morgan fingerprint density at radius 2 is 1.83 bits per heavy atom. The summed E-state index contributed by atoms with van der Waals surface area (Å²) >= 11 is 0. The number of hydrogen-bond acceptors (Lipinski definition) is 9. The standard InChI is InChI=1S/C17H21F3N6O3/c1-4-28-14(27)11-10-29-16(21-11)26-7-5-25(6-8-26)15-22-12(17(18,19)20)9-13(23-15)24(2)3/h9-10H,4-8H2,1-3H3. The highest BCUT2D eigenvalue weighted by Gasteiger charge is 2.35. The second kappa shape index (κ2) is 8.13. The predicted octanol–water partition coefficient (Wildman–Crippen LogP) is 2.05. The maximum absolute atomic E-state index is 13.2. The van der Waals surface area contributed by atoms with Gasteiger partial charge in [-0.15, -0.1) is 0 Å². The molecular formula is C17H21F3N6O3. The summed E-state index contributed by atoms with van der Waals surface area (Å²) in [5.74, 6) is -0.381. The molecule has 0 unspecified atom stereocenters. The molecule has 12 heteroatoms. The first-order valence-corrected chi connectivity index (χ1v) is 8.95. The van der Waals surface area contributed by atoms with Crippen LogP contribution in [0.1, 0.15) is 23.1 Å². The molecule has 3 rings (SSSR count). The van der Waals surface area contributed by atoms with Gasteiger partial charge >= 0.3 is 12.1 Å². The van der Waals surface area contributed by atoms with Crippen LogP contribution in [0, 0.1) is 0 Å². The van der Waals surface area contributed by atoms with Crippen molar-refractivity contribution in [2.24, 2.45) is 0 Å². The largest absolute Gasteiger partial charge is 0.461 e. The molecule has 0 aliphatic carbocycles. The third-order valence-electron chi connectivity index (χ3n) is 4.26. The fourth-order valence-electron chi connectivity index (χ4n) is 2.74. The predicted molar refractivity (Wildman–Crippen MR) is 98.2 cm³/mol. The van der Waals surface area contributed by atoms with Crippen molar-refractivity contribution in [1.82, 2.24) is 15.0 Å². The van der Waals surface area contributed by atoms with Crippen LogP contribution < -0.4 is 14.7 Å². The number of carbonyl (C=O) groups excluding carboxylic acids is 1. The Labute approximate surface area is 165 Å². The van der Waals surface area contributed by atoms with Crippen LogP contribution in [0.25, 0.3) is 0 Å². The van der Waals surface area contributed by atoms with Gasteiger partial charge in [-0.2, -0.15) is 23.1 Å². The van der Waals surface area contributed by atoms with Gasteiger partial charge in [0.2, 0.25) is 5.95 Å². The van der Waals surface area contributed by atoms with Crippen LogP contribution in [0.2, 0.25) is 0 Å². The SMILES string of the molecule is CCOC(=O)c1coc(N2CCN(c3nc(N(C)C)cc(C(F)(F)F)n3)CC2)n1. The van der Waals surface area contributed by atoms with Crippen molar-refractivity contribution >= 4 is 23.8 Å². The zero-order valence-corrected chi connectivity index (χ0v) is 16.2. The summed E-state index contributed by atoms with van der Waals surface area (Å²) in [5.41, 5.74) is -0.915. The summed E-state index contributed by atoms with van der Waals surface area (Å²) in [7, 11) is 3.24. The molecule has 2 aromatic heterocycles. The zero-order chi connectivity index (χ0) is 21.2. The first-order valence-electron chi connectivity index (χ1n) is 8.95. The average Bonchev–Trinajstić information content (AvgIpc) is 3.17.